The first-order chi connectivity index (χ1) is 11.3. The summed E-state index contributed by atoms with van der Waals surface area (Å²) in [6, 6.07) is 15.4. The second-order valence-corrected chi connectivity index (χ2v) is 5.69. The number of benzene rings is 2. The van der Waals surface area contributed by atoms with Crippen molar-refractivity contribution < 1.29 is 4.79 Å². The van der Waals surface area contributed by atoms with Crippen LogP contribution in [0.25, 0.3) is 16.7 Å². The highest BCUT2D eigenvalue weighted by molar-refractivity contribution is 6.32. The largest absolute Gasteiger partial charge is 0.298 e. The number of aromatic nitrogens is 3. The van der Waals surface area contributed by atoms with Crippen LogP contribution in [0.15, 0.2) is 54.7 Å². The normalized spacial score (nSPS) is 11.2. The zero-order valence-electron chi connectivity index (χ0n) is 12.1. The first-order valence-corrected chi connectivity index (χ1v) is 7.59. The number of carbonyl (C=O) groups is 1. The monoisotopic (exact) mass is 321 g/mol. The molecular weight excluding hydrogens is 310 g/mol. The first kappa shape index (κ1) is 13.9. The minimum absolute atomic E-state index is 0.395. The fourth-order valence-corrected chi connectivity index (χ4v) is 2.98. The fraction of sp³-hybridized carbons (Fsp3) is 0.0556. The molecule has 2 aromatic heterocycles. The Morgan fingerprint density at radius 3 is 2.65 bits per heavy atom. The van der Waals surface area contributed by atoms with Crippen LogP contribution in [0.3, 0.4) is 0 Å². The van der Waals surface area contributed by atoms with E-state index in [1.807, 2.05) is 59.1 Å². The van der Waals surface area contributed by atoms with Gasteiger partial charge in [-0.15, -0.1) is 0 Å². The van der Waals surface area contributed by atoms with E-state index >= 15 is 0 Å². The molecular formula is C18H12ClN3O. The molecule has 0 N–H and O–H groups in total. The number of imidazole rings is 1. The lowest BCUT2D eigenvalue weighted by atomic mass is 10.1. The van der Waals surface area contributed by atoms with Gasteiger partial charge in [-0.05, 0) is 17.7 Å². The van der Waals surface area contributed by atoms with Crippen molar-refractivity contribution in [3.8, 4) is 0 Å². The van der Waals surface area contributed by atoms with Crippen molar-refractivity contribution in [2.24, 2.45) is 0 Å². The first-order valence-electron chi connectivity index (χ1n) is 7.21. The number of aldehydes is 1. The molecule has 23 heavy (non-hydrogen) atoms. The van der Waals surface area contributed by atoms with E-state index in [1.165, 1.54) is 0 Å². The van der Waals surface area contributed by atoms with Crippen molar-refractivity contribution >= 4 is 34.6 Å². The Labute approximate surface area is 137 Å². The molecule has 0 radical (unpaired) electrons. The minimum atomic E-state index is 0.395. The van der Waals surface area contributed by atoms with E-state index in [0.29, 0.717) is 22.8 Å². The van der Waals surface area contributed by atoms with Gasteiger partial charge in [0.25, 0.3) is 0 Å². The summed E-state index contributed by atoms with van der Waals surface area (Å²) in [5.74, 6) is 0. The van der Waals surface area contributed by atoms with Gasteiger partial charge in [-0.1, -0.05) is 48.0 Å². The van der Waals surface area contributed by atoms with Gasteiger partial charge in [-0.25, -0.2) is 9.97 Å². The smallest absolute Gasteiger partial charge is 0.175 e. The number of fused-ring (bicyclic) bond motifs is 3. The van der Waals surface area contributed by atoms with E-state index in [-0.39, 0.29) is 0 Å². The number of para-hydroxylation sites is 2. The van der Waals surface area contributed by atoms with Crippen LogP contribution in [-0.2, 0) is 6.42 Å². The van der Waals surface area contributed by atoms with Crippen molar-refractivity contribution in [2.75, 3.05) is 0 Å². The highest BCUT2D eigenvalue weighted by Gasteiger charge is 2.12. The Morgan fingerprint density at radius 1 is 1.09 bits per heavy atom. The maximum Gasteiger partial charge on any atom is 0.175 e. The van der Waals surface area contributed by atoms with Gasteiger partial charge in [0.15, 0.2) is 10.8 Å². The second kappa shape index (κ2) is 5.48. The molecule has 0 atom stereocenters. The molecule has 0 fully saturated rings. The Balaban J connectivity index is 1.88. The van der Waals surface area contributed by atoms with Crippen molar-refractivity contribution in [2.45, 2.75) is 6.42 Å². The van der Waals surface area contributed by atoms with E-state index in [4.69, 9.17) is 11.6 Å². The Bertz CT molecular complexity index is 1020. The quantitative estimate of drug-likeness (QED) is 0.537. The number of hydrogen-bond acceptors (Lipinski definition) is 3. The lowest BCUT2D eigenvalue weighted by Gasteiger charge is -2.07. The third-order valence-electron chi connectivity index (χ3n) is 3.86. The molecule has 0 saturated carbocycles. The molecule has 0 spiro atoms. The van der Waals surface area contributed by atoms with Crippen LogP contribution in [-0.4, -0.2) is 20.7 Å². The summed E-state index contributed by atoms with van der Waals surface area (Å²) in [7, 11) is 0. The van der Waals surface area contributed by atoms with Crippen LogP contribution in [0.2, 0.25) is 5.15 Å². The average Bonchev–Trinajstić information content (AvgIpc) is 3.00. The van der Waals surface area contributed by atoms with Gasteiger partial charge in [-0.3, -0.25) is 9.20 Å². The van der Waals surface area contributed by atoms with Crippen LogP contribution in [0.5, 0.6) is 0 Å². The van der Waals surface area contributed by atoms with Gasteiger partial charge in [-0.2, -0.15) is 0 Å². The molecule has 0 bridgehead atoms. The van der Waals surface area contributed by atoms with Crippen LogP contribution in [0.4, 0.5) is 0 Å². The third-order valence-corrected chi connectivity index (χ3v) is 4.12. The van der Waals surface area contributed by atoms with E-state index < -0.39 is 0 Å². The summed E-state index contributed by atoms with van der Waals surface area (Å²) >= 11 is 6.26. The van der Waals surface area contributed by atoms with Crippen LogP contribution >= 0.6 is 11.6 Å². The standard InChI is InChI=1S/C18H12ClN3O/c19-17-18-20-10-14(9-12-5-7-13(11-23)8-6-12)22(18)16-4-2-1-3-15(16)21-17/h1-8,10-11H,9H2. The summed E-state index contributed by atoms with van der Waals surface area (Å²) in [6.07, 6.45) is 3.37. The molecule has 4 aromatic rings. The number of hydrogen-bond donors (Lipinski definition) is 0. The molecule has 0 unspecified atom stereocenters. The van der Waals surface area contributed by atoms with E-state index in [9.17, 15) is 4.79 Å². The van der Waals surface area contributed by atoms with Crippen LogP contribution in [0.1, 0.15) is 21.6 Å². The summed E-state index contributed by atoms with van der Waals surface area (Å²) in [4.78, 5) is 19.6. The summed E-state index contributed by atoms with van der Waals surface area (Å²) in [6.45, 7) is 0. The van der Waals surface area contributed by atoms with E-state index in [2.05, 4.69) is 9.97 Å². The predicted octanol–water partition coefficient (Wildman–Crippen LogP) is 3.94. The van der Waals surface area contributed by atoms with Crippen LogP contribution in [0, 0.1) is 0 Å². The van der Waals surface area contributed by atoms with Crippen molar-refractivity contribution in [3.05, 3.63) is 76.7 Å². The zero-order valence-corrected chi connectivity index (χ0v) is 12.9. The number of nitrogens with zero attached hydrogens (tertiary/aromatic N) is 3. The van der Waals surface area contributed by atoms with Gasteiger partial charge in [0, 0.05) is 23.9 Å². The highest BCUT2D eigenvalue weighted by Crippen LogP contribution is 2.23. The summed E-state index contributed by atoms with van der Waals surface area (Å²) in [5, 5.41) is 0.395. The van der Waals surface area contributed by atoms with Gasteiger partial charge in [0.2, 0.25) is 0 Å². The fourth-order valence-electron chi connectivity index (χ4n) is 2.75. The number of halogens is 1. The molecule has 0 aliphatic carbocycles. The SMILES string of the molecule is O=Cc1ccc(Cc2cnc3c(Cl)nc4ccccc4n23)cc1. The molecule has 4 nitrogen and oxygen atoms in total. The van der Waals surface area contributed by atoms with Crippen molar-refractivity contribution in [1.29, 1.82) is 0 Å². The molecule has 2 aromatic carbocycles. The van der Waals surface area contributed by atoms with Gasteiger partial charge >= 0.3 is 0 Å². The Kier molecular flexibility index (Phi) is 3.32. The lowest BCUT2D eigenvalue weighted by molar-refractivity contribution is 0.112. The predicted molar refractivity (Wildman–Crippen MR) is 90.1 cm³/mol. The molecule has 0 aliphatic heterocycles. The maximum absolute atomic E-state index is 10.8. The van der Waals surface area contributed by atoms with Gasteiger partial charge in [0.05, 0.1) is 11.0 Å². The van der Waals surface area contributed by atoms with Crippen molar-refractivity contribution in [3.63, 3.8) is 0 Å². The van der Waals surface area contributed by atoms with Crippen molar-refractivity contribution in [1.82, 2.24) is 14.4 Å². The number of carbonyl (C=O) groups excluding carboxylic acids is 1. The van der Waals surface area contributed by atoms with Crippen LogP contribution < -0.4 is 0 Å². The van der Waals surface area contributed by atoms with Gasteiger partial charge < -0.3 is 0 Å². The molecule has 4 rings (SSSR count). The molecule has 0 saturated heterocycles. The Hall–Kier alpha value is -2.72. The summed E-state index contributed by atoms with van der Waals surface area (Å²) in [5.41, 5.74) is 5.27. The average molecular weight is 322 g/mol. The van der Waals surface area contributed by atoms with Gasteiger partial charge in [0.1, 0.15) is 6.29 Å². The Morgan fingerprint density at radius 2 is 1.87 bits per heavy atom. The molecule has 2 heterocycles. The van der Waals surface area contributed by atoms with E-state index in [0.717, 1.165) is 28.6 Å². The third kappa shape index (κ3) is 2.37. The highest BCUT2D eigenvalue weighted by atomic mass is 35.5. The molecule has 112 valence electrons. The lowest BCUT2D eigenvalue weighted by Crippen LogP contribution is -1.98. The maximum atomic E-state index is 10.8. The number of rotatable bonds is 3. The topological polar surface area (TPSA) is 47.3 Å². The van der Waals surface area contributed by atoms with E-state index in [1.54, 1.807) is 0 Å². The minimum Gasteiger partial charge on any atom is -0.298 e. The second-order valence-electron chi connectivity index (χ2n) is 5.34. The zero-order chi connectivity index (χ0) is 15.8. The molecule has 0 amide bonds. The summed E-state index contributed by atoms with van der Waals surface area (Å²) < 4.78 is 2.04. The molecule has 5 heteroatoms. The molecule has 0 aliphatic rings.